The summed E-state index contributed by atoms with van der Waals surface area (Å²) in [5.41, 5.74) is 1.99. The van der Waals surface area contributed by atoms with E-state index in [2.05, 4.69) is 15.6 Å². The predicted molar refractivity (Wildman–Crippen MR) is 85.9 cm³/mol. The second kappa shape index (κ2) is 6.70. The van der Waals surface area contributed by atoms with Crippen LogP contribution >= 0.6 is 11.3 Å². The molecule has 1 saturated carbocycles. The minimum absolute atomic E-state index is 0.0377. The first kappa shape index (κ1) is 14.7. The van der Waals surface area contributed by atoms with Gasteiger partial charge in [0.25, 0.3) is 0 Å². The zero-order valence-electron chi connectivity index (χ0n) is 12.0. The van der Waals surface area contributed by atoms with E-state index in [0.29, 0.717) is 11.0 Å². The molecule has 6 heteroatoms. The van der Waals surface area contributed by atoms with Crippen molar-refractivity contribution in [2.45, 2.75) is 25.2 Å². The Balaban J connectivity index is 1.42. The average molecular weight is 315 g/mol. The summed E-state index contributed by atoms with van der Waals surface area (Å²) in [6, 6.07) is 9.44. The molecule has 1 aliphatic carbocycles. The highest BCUT2D eigenvalue weighted by atomic mass is 32.1. The Hall–Kier alpha value is -2.21. The van der Waals surface area contributed by atoms with Gasteiger partial charge in [0.2, 0.25) is 11.8 Å². The summed E-state index contributed by atoms with van der Waals surface area (Å²) in [6.07, 6.45) is 2.65. The Morgan fingerprint density at radius 3 is 2.68 bits per heavy atom. The van der Waals surface area contributed by atoms with Gasteiger partial charge in [0, 0.05) is 11.3 Å². The quantitative estimate of drug-likeness (QED) is 0.859. The van der Waals surface area contributed by atoms with Crippen molar-refractivity contribution in [3.63, 3.8) is 0 Å². The molecule has 2 aromatic rings. The van der Waals surface area contributed by atoms with Gasteiger partial charge in [-0.25, -0.2) is 4.98 Å². The molecular weight excluding hydrogens is 298 g/mol. The molecule has 2 amide bonds. The number of amides is 2. The van der Waals surface area contributed by atoms with Crippen molar-refractivity contribution in [1.29, 1.82) is 0 Å². The minimum Gasteiger partial charge on any atom is -0.347 e. The molecule has 114 valence electrons. The molecule has 0 atom stereocenters. The SMILES string of the molecule is O=C(Cc1ccccc1)NCC(=O)Nc1nc(C2CC2)cs1. The van der Waals surface area contributed by atoms with Crippen LogP contribution in [0.5, 0.6) is 0 Å². The molecule has 0 radical (unpaired) electrons. The number of carbonyl (C=O) groups excluding carboxylic acids is 2. The van der Waals surface area contributed by atoms with Crippen molar-refractivity contribution in [3.05, 3.63) is 47.0 Å². The van der Waals surface area contributed by atoms with Crippen LogP contribution < -0.4 is 10.6 Å². The fraction of sp³-hybridized carbons (Fsp3) is 0.312. The highest BCUT2D eigenvalue weighted by Gasteiger charge is 2.26. The molecule has 1 aromatic heterocycles. The normalized spacial score (nSPS) is 13.6. The van der Waals surface area contributed by atoms with E-state index in [4.69, 9.17) is 0 Å². The maximum absolute atomic E-state index is 11.8. The number of carbonyl (C=O) groups is 2. The van der Waals surface area contributed by atoms with E-state index in [1.54, 1.807) is 0 Å². The summed E-state index contributed by atoms with van der Waals surface area (Å²) < 4.78 is 0. The Kier molecular flexibility index (Phi) is 4.48. The summed E-state index contributed by atoms with van der Waals surface area (Å²) in [7, 11) is 0. The first-order chi connectivity index (χ1) is 10.7. The third kappa shape index (κ3) is 4.14. The zero-order valence-corrected chi connectivity index (χ0v) is 12.9. The number of rotatable bonds is 6. The minimum atomic E-state index is -0.252. The monoisotopic (exact) mass is 315 g/mol. The van der Waals surface area contributed by atoms with Crippen LogP contribution in [0.25, 0.3) is 0 Å². The van der Waals surface area contributed by atoms with Gasteiger partial charge in [-0.1, -0.05) is 30.3 Å². The van der Waals surface area contributed by atoms with E-state index < -0.39 is 0 Å². The molecule has 3 rings (SSSR count). The van der Waals surface area contributed by atoms with Crippen LogP contribution in [0.15, 0.2) is 35.7 Å². The summed E-state index contributed by atoms with van der Waals surface area (Å²) >= 11 is 1.43. The molecule has 0 bridgehead atoms. The number of aromatic nitrogens is 1. The fourth-order valence-corrected chi connectivity index (χ4v) is 2.90. The fourth-order valence-electron chi connectivity index (χ4n) is 2.10. The number of benzene rings is 1. The zero-order chi connectivity index (χ0) is 15.4. The molecule has 2 N–H and O–H groups in total. The molecule has 0 saturated heterocycles. The maximum atomic E-state index is 11.8. The number of hydrogen-bond donors (Lipinski definition) is 2. The summed E-state index contributed by atoms with van der Waals surface area (Å²) in [6.45, 7) is -0.0377. The second-order valence-corrected chi connectivity index (χ2v) is 6.20. The highest BCUT2D eigenvalue weighted by molar-refractivity contribution is 7.13. The Bertz CT molecular complexity index is 665. The topological polar surface area (TPSA) is 71.1 Å². The van der Waals surface area contributed by atoms with Crippen LogP contribution in [0, 0.1) is 0 Å². The van der Waals surface area contributed by atoms with Gasteiger partial charge in [-0.05, 0) is 18.4 Å². The van der Waals surface area contributed by atoms with E-state index in [9.17, 15) is 9.59 Å². The Labute approximate surface area is 132 Å². The van der Waals surface area contributed by atoms with E-state index in [-0.39, 0.29) is 24.8 Å². The second-order valence-electron chi connectivity index (χ2n) is 5.34. The number of nitrogens with zero attached hydrogens (tertiary/aromatic N) is 1. The maximum Gasteiger partial charge on any atom is 0.245 e. The standard InChI is InChI=1S/C16H17N3O2S/c20-14(8-11-4-2-1-3-5-11)17-9-15(21)19-16-18-13(10-22-16)12-6-7-12/h1-5,10,12H,6-9H2,(H,17,20)(H,18,19,21). The average Bonchev–Trinajstić information content (AvgIpc) is 3.27. The van der Waals surface area contributed by atoms with Gasteiger partial charge < -0.3 is 10.6 Å². The molecule has 1 fully saturated rings. The van der Waals surface area contributed by atoms with Gasteiger partial charge in [-0.2, -0.15) is 0 Å². The van der Waals surface area contributed by atoms with Crippen molar-refractivity contribution >= 4 is 28.3 Å². The molecule has 0 spiro atoms. The van der Waals surface area contributed by atoms with Gasteiger partial charge in [0.05, 0.1) is 18.7 Å². The molecule has 22 heavy (non-hydrogen) atoms. The lowest BCUT2D eigenvalue weighted by Crippen LogP contribution is -2.33. The number of anilines is 1. The third-order valence-electron chi connectivity index (χ3n) is 3.42. The number of nitrogens with one attached hydrogen (secondary N) is 2. The molecule has 5 nitrogen and oxygen atoms in total. The summed E-state index contributed by atoms with van der Waals surface area (Å²) in [5.74, 6) is 0.157. The van der Waals surface area contributed by atoms with Gasteiger partial charge in [0.1, 0.15) is 0 Å². The third-order valence-corrected chi connectivity index (χ3v) is 4.19. The van der Waals surface area contributed by atoms with Crippen LogP contribution in [0.3, 0.4) is 0 Å². The van der Waals surface area contributed by atoms with Crippen LogP contribution in [0.1, 0.15) is 30.0 Å². The molecule has 0 aliphatic heterocycles. The van der Waals surface area contributed by atoms with Crippen molar-refractivity contribution in [3.8, 4) is 0 Å². The van der Waals surface area contributed by atoms with E-state index in [0.717, 1.165) is 11.3 Å². The van der Waals surface area contributed by atoms with Crippen LogP contribution in [0.4, 0.5) is 5.13 Å². The summed E-state index contributed by atoms with van der Waals surface area (Å²) in [4.78, 5) is 28.0. The first-order valence-electron chi connectivity index (χ1n) is 7.26. The van der Waals surface area contributed by atoms with Gasteiger partial charge in [-0.15, -0.1) is 11.3 Å². The molecular formula is C16H17N3O2S. The van der Waals surface area contributed by atoms with Crippen molar-refractivity contribution in [2.24, 2.45) is 0 Å². The molecule has 0 unspecified atom stereocenters. The van der Waals surface area contributed by atoms with E-state index in [1.807, 2.05) is 35.7 Å². The Morgan fingerprint density at radius 1 is 1.18 bits per heavy atom. The molecule has 1 heterocycles. The molecule has 1 aliphatic rings. The lowest BCUT2D eigenvalue weighted by molar-refractivity contribution is -0.123. The van der Waals surface area contributed by atoms with Crippen LogP contribution in [0.2, 0.25) is 0 Å². The number of thiazole rings is 1. The number of hydrogen-bond acceptors (Lipinski definition) is 4. The largest absolute Gasteiger partial charge is 0.347 e. The van der Waals surface area contributed by atoms with E-state index >= 15 is 0 Å². The van der Waals surface area contributed by atoms with Gasteiger partial charge in [-0.3, -0.25) is 9.59 Å². The van der Waals surface area contributed by atoms with Crippen molar-refractivity contribution < 1.29 is 9.59 Å². The smallest absolute Gasteiger partial charge is 0.245 e. The van der Waals surface area contributed by atoms with Crippen LogP contribution in [-0.2, 0) is 16.0 Å². The van der Waals surface area contributed by atoms with Crippen LogP contribution in [-0.4, -0.2) is 23.3 Å². The Morgan fingerprint density at radius 2 is 1.95 bits per heavy atom. The predicted octanol–water partition coefficient (Wildman–Crippen LogP) is 2.32. The summed E-state index contributed by atoms with van der Waals surface area (Å²) in [5, 5.41) is 7.93. The molecule has 1 aromatic carbocycles. The van der Waals surface area contributed by atoms with Gasteiger partial charge >= 0.3 is 0 Å². The van der Waals surface area contributed by atoms with Gasteiger partial charge in [0.15, 0.2) is 5.13 Å². The first-order valence-corrected chi connectivity index (χ1v) is 8.14. The highest BCUT2D eigenvalue weighted by Crippen LogP contribution is 2.40. The lowest BCUT2D eigenvalue weighted by atomic mass is 10.1. The lowest BCUT2D eigenvalue weighted by Gasteiger charge is -2.05. The van der Waals surface area contributed by atoms with Crippen molar-refractivity contribution in [1.82, 2.24) is 10.3 Å². The van der Waals surface area contributed by atoms with Crippen molar-refractivity contribution in [2.75, 3.05) is 11.9 Å². The van der Waals surface area contributed by atoms with E-state index in [1.165, 1.54) is 24.2 Å².